The first-order chi connectivity index (χ1) is 11.5. The van der Waals surface area contributed by atoms with Gasteiger partial charge < -0.3 is 10.2 Å². The zero-order valence-electron chi connectivity index (χ0n) is 12.9. The number of halogens is 3. The minimum absolute atomic E-state index is 0.0250. The van der Waals surface area contributed by atoms with E-state index in [1.165, 1.54) is 5.69 Å². The summed E-state index contributed by atoms with van der Waals surface area (Å²) in [5.41, 5.74) is 1.70. The van der Waals surface area contributed by atoms with Crippen LogP contribution in [0, 0.1) is 5.92 Å². The first-order valence-electron chi connectivity index (χ1n) is 7.80. The molecule has 0 radical (unpaired) electrons. The maximum atomic E-state index is 12.5. The Labute approximate surface area is 156 Å². The highest BCUT2D eigenvalue weighted by Gasteiger charge is 2.25. The summed E-state index contributed by atoms with van der Waals surface area (Å²) in [5.74, 6) is -0.0570. The molecule has 3 nitrogen and oxygen atoms in total. The molecule has 2 aromatic rings. The third-order valence-corrected chi connectivity index (χ3v) is 5.29. The van der Waals surface area contributed by atoms with Crippen molar-refractivity contribution in [3.05, 3.63) is 57.5 Å². The number of piperidine rings is 1. The SMILES string of the molecule is O=C(Nc1cc(Cl)c(Cl)cc1Cl)C1CCN(c2ccccc2)CC1. The molecule has 0 bridgehead atoms. The van der Waals surface area contributed by atoms with Crippen molar-refractivity contribution in [1.29, 1.82) is 0 Å². The standard InChI is InChI=1S/C18H17Cl3N2O/c19-14-10-16(21)17(11-15(14)20)22-18(24)12-6-8-23(9-7-12)13-4-2-1-3-5-13/h1-5,10-12H,6-9H2,(H,22,24). The van der Waals surface area contributed by atoms with Gasteiger partial charge in [-0.1, -0.05) is 53.0 Å². The summed E-state index contributed by atoms with van der Waals surface area (Å²) in [6, 6.07) is 13.4. The molecule has 3 rings (SSSR count). The molecule has 1 aliphatic heterocycles. The highest BCUT2D eigenvalue weighted by atomic mass is 35.5. The van der Waals surface area contributed by atoms with Crippen molar-refractivity contribution < 1.29 is 4.79 Å². The average molecular weight is 384 g/mol. The topological polar surface area (TPSA) is 32.3 Å². The van der Waals surface area contributed by atoms with Gasteiger partial charge in [-0.25, -0.2) is 0 Å². The Morgan fingerprint density at radius 2 is 1.58 bits per heavy atom. The van der Waals surface area contributed by atoms with Crippen LogP contribution in [0.3, 0.4) is 0 Å². The predicted octanol–water partition coefficient (Wildman–Crippen LogP) is 5.50. The maximum absolute atomic E-state index is 12.5. The van der Waals surface area contributed by atoms with Crippen LogP contribution in [0.15, 0.2) is 42.5 Å². The summed E-state index contributed by atoms with van der Waals surface area (Å²) in [7, 11) is 0. The number of hydrogen-bond acceptors (Lipinski definition) is 2. The molecule has 0 atom stereocenters. The summed E-state index contributed by atoms with van der Waals surface area (Å²) in [6.07, 6.45) is 1.61. The van der Waals surface area contributed by atoms with Gasteiger partial charge in [-0.05, 0) is 37.1 Å². The first-order valence-corrected chi connectivity index (χ1v) is 8.93. The molecule has 6 heteroatoms. The van der Waals surface area contributed by atoms with E-state index >= 15 is 0 Å². The van der Waals surface area contributed by atoms with Gasteiger partial charge in [0.05, 0.1) is 20.8 Å². The number of para-hydroxylation sites is 1. The van der Waals surface area contributed by atoms with E-state index in [1.54, 1.807) is 12.1 Å². The van der Waals surface area contributed by atoms with E-state index in [0.717, 1.165) is 25.9 Å². The summed E-state index contributed by atoms with van der Waals surface area (Å²) in [6.45, 7) is 1.72. The molecule has 0 saturated carbocycles. The van der Waals surface area contributed by atoms with Gasteiger partial charge in [-0.2, -0.15) is 0 Å². The second-order valence-corrected chi connectivity index (χ2v) is 7.05. The van der Waals surface area contributed by atoms with E-state index < -0.39 is 0 Å². The van der Waals surface area contributed by atoms with E-state index in [1.807, 2.05) is 18.2 Å². The Kier molecular flexibility index (Phi) is 5.54. The molecule has 126 valence electrons. The smallest absolute Gasteiger partial charge is 0.227 e. The Bertz CT molecular complexity index is 729. The molecule has 0 unspecified atom stereocenters. The summed E-state index contributed by atoms with van der Waals surface area (Å²) in [4.78, 5) is 14.8. The van der Waals surface area contributed by atoms with Crippen molar-refractivity contribution in [2.24, 2.45) is 5.92 Å². The fraction of sp³-hybridized carbons (Fsp3) is 0.278. The van der Waals surface area contributed by atoms with Crippen LogP contribution in [0.2, 0.25) is 15.1 Å². The van der Waals surface area contributed by atoms with Gasteiger partial charge in [-0.3, -0.25) is 4.79 Å². The first kappa shape index (κ1) is 17.4. The van der Waals surface area contributed by atoms with Gasteiger partial charge in [0.15, 0.2) is 0 Å². The van der Waals surface area contributed by atoms with E-state index in [9.17, 15) is 4.79 Å². The molecule has 0 aromatic heterocycles. The predicted molar refractivity (Wildman–Crippen MR) is 101 cm³/mol. The number of amides is 1. The largest absolute Gasteiger partial charge is 0.371 e. The number of hydrogen-bond donors (Lipinski definition) is 1. The number of carbonyl (C=O) groups is 1. The lowest BCUT2D eigenvalue weighted by Gasteiger charge is -2.33. The monoisotopic (exact) mass is 382 g/mol. The quantitative estimate of drug-likeness (QED) is 0.710. The minimum atomic E-state index is -0.0320. The Morgan fingerprint density at radius 1 is 0.958 bits per heavy atom. The molecule has 1 fully saturated rings. The Morgan fingerprint density at radius 3 is 2.25 bits per heavy atom. The second-order valence-electron chi connectivity index (χ2n) is 5.83. The van der Waals surface area contributed by atoms with Crippen molar-refractivity contribution in [3.8, 4) is 0 Å². The lowest BCUT2D eigenvalue weighted by Crippen LogP contribution is -2.38. The van der Waals surface area contributed by atoms with E-state index in [4.69, 9.17) is 34.8 Å². The normalized spacial score (nSPS) is 15.4. The second kappa shape index (κ2) is 7.64. The average Bonchev–Trinajstić information content (AvgIpc) is 2.60. The molecule has 0 spiro atoms. The van der Waals surface area contributed by atoms with E-state index in [0.29, 0.717) is 20.8 Å². The molecule has 24 heavy (non-hydrogen) atoms. The third-order valence-electron chi connectivity index (χ3n) is 4.25. The number of nitrogens with one attached hydrogen (secondary N) is 1. The lowest BCUT2D eigenvalue weighted by molar-refractivity contribution is -0.120. The summed E-state index contributed by atoms with van der Waals surface area (Å²) in [5, 5.41) is 4.00. The highest BCUT2D eigenvalue weighted by Crippen LogP contribution is 2.33. The van der Waals surface area contributed by atoms with Gasteiger partial charge in [0.25, 0.3) is 0 Å². The maximum Gasteiger partial charge on any atom is 0.227 e. The number of rotatable bonds is 3. The summed E-state index contributed by atoms with van der Waals surface area (Å²) >= 11 is 18.0. The summed E-state index contributed by atoms with van der Waals surface area (Å²) < 4.78 is 0. The minimum Gasteiger partial charge on any atom is -0.371 e. The van der Waals surface area contributed by atoms with Crippen LogP contribution in [-0.4, -0.2) is 19.0 Å². The Balaban J connectivity index is 1.61. The fourth-order valence-electron chi connectivity index (χ4n) is 2.89. The van der Waals surface area contributed by atoms with Crippen molar-refractivity contribution >= 4 is 52.1 Å². The zero-order valence-corrected chi connectivity index (χ0v) is 15.2. The molecule has 2 aromatic carbocycles. The van der Waals surface area contributed by atoms with Gasteiger partial charge in [0.2, 0.25) is 5.91 Å². The number of nitrogens with zero attached hydrogens (tertiary/aromatic N) is 1. The molecule has 1 saturated heterocycles. The van der Waals surface area contributed by atoms with Crippen LogP contribution in [-0.2, 0) is 4.79 Å². The highest BCUT2D eigenvalue weighted by molar-refractivity contribution is 6.44. The lowest BCUT2D eigenvalue weighted by atomic mass is 9.95. The van der Waals surface area contributed by atoms with Crippen molar-refractivity contribution in [2.45, 2.75) is 12.8 Å². The van der Waals surface area contributed by atoms with Crippen molar-refractivity contribution in [3.63, 3.8) is 0 Å². The van der Waals surface area contributed by atoms with Crippen LogP contribution in [0.4, 0.5) is 11.4 Å². The number of anilines is 2. The zero-order chi connectivity index (χ0) is 17.1. The van der Waals surface area contributed by atoms with Gasteiger partial charge in [0.1, 0.15) is 0 Å². The van der Waals surface area contributed by atoms with Crippen LogP contribution in [0.1, 0.15) is 12.8 Å². The van der Waals surface area contributed by atoms with Gasteiger partial charge >= 0.3 is 0 Å². The van der Waals surface area contributed by atoms with Gasteiger partial charge in [0, 0.05) is 24.7 Å². The number of carbonyl (C=O) groups excluding carboxylic acids is 1. The van der Waals surface area contributed by atoms with Crippen molar-refractivity contribution in [1.82, 2.24) is 0 Å². The van der Waals surface area contributed by atoms with Gasteiger partial charge in [-0.15, -0.1) is 0 Å². The molecule has 1 amide bonds. The molecule has 1 N–H and O–H groups in total. The molecule has 1 heterocycles. The van der Waals surface area contributed by atoms with E-state index in [-0.39, 0.29) is 11.8 Å². The van der Waals surface area contributed by atoms with Crippen LogP contribution >= 0.6 is 34.8 Å². The van der Waals surface area contributed by atoms with Crippen LogP contribution < -0.4 is 10.2 Å². The molecule has 1 aliphatic rings. The van der Waals surface area contributed by atoms with Crippen molar-refractivity contribution in [2.75, 3.05) is 23.3 Å². The van der Waals surface area contributed by atoms with E-state index in [2.05, 4.69) is 22.3 Å². The number of benzene rings is 2. The van der Waals surface area contributed by atoms with Crippen LogP contribution in [0.25, 0.3) is 0 Å². The Hall–Kier alpha value is -1.42. The molecule has 0 aliphatic carbocycles. The molecular formula is C18H17Cl3N2O. The fourth-order valence-corrected chi connectivity index (χ4v) is 3.49. The molecular weight excluding hydrogens is 367 g/mol. The third kappa shape index (κ3) is 3.97. The van der Waals surface area contributed by atoms with Crippen LogP contribution in [0.5, 0.6) is 0 Å².